The summed E-state index contributed by atoms with van der Waals surface area (Å²) in [6, 6.07) is 7.37. The molecule has 5 nitrogen and oxygen atoms in total. The Morgan fingerprint density at radius 3 is 2.57 bits per heavy atom. The lowest BCUT2D eigenvalue weighted by Gasteiger charge is -2.18. The number of carbonyl (C=O) groups is 2. The highest BCUT2D eigenvalue weighted by molar-refractivity contribution is 5.97. The van der Waals surface area contributed by atoms with Crippen molar-refractivity contribution in [3.05, 3.63) is 29.8 Å². The standard InChI is InChI=1S/C16H21N3O2/c17-10-12-7-9-18(11-12)16(21)13-3-5-14(6-4-13)19-8-1-2-15(19)20/h3-6,12H,1-2,7-11,17H2. The molecule has 2 saturated heterocycles. The summed E-state index contributed by atoms with van der Waals surface area (Å²) in [4.78, 5) is 27.8. The summed E-state index contributed by atoms with van der Waals surface area (Å²) in [5.41, 5.74) is 7.23. The molecular formula is C16H21N3O2. The Hall–Kier alpha value is -1.88. The van der Waals surface area contributed by atoms with Gasteiger partial charge in [0.2, 0.25) is 5.91 Å². The molecule has 112 valence electrons. The van der Waals surface area contributed by atoms with E-state index in [2.05, 4.69) is 0 Å². The van der Waals surface area contributed by atoms with E-state index in [-0.39, 0.29) is 11.8 Å². The van der Waals surface area contributed by atoms with E-state index in [0.717, 1.165) is 38.2 Å². The van der Waals surface area contributed by atoms with Crippen molar-refractivity contribution in [1.82, 2.24) is 4.90 Å². The average Bonchev–Trinajstić information content (AvgIpc) is 3.15. The zero-order valence-electron chi connectivity index (χ0n) is 12.1. The Morgan fingerprint density at radius 1 is 1.24 bits per heavy atom. The predicted molar refractivity (Wildman–Crippen MR) is 81.1 cm³/mol. The van der Waals surface area contributed by atoms with E-state index < -0.39 is 0 Å². The second kappa shape index (κ2) is 5.85. The van der Waals surface area contributed by atoms with E-state index in [1.165, 1.54) is 0 Å². The fraction of sp³-hybridized carbons (Fsp3) is 0.500. The Balaban J connectivity index is 1.69. The predicted octanol–water partition coefficient (Wildman–Crippen LogP) is 1.23. The van der Waals surface area contributed by atoms with Crippen molar-refractivity contribution in [3.8, 4) is 0 Å². The van der Waals surface area contributed by atoms with Crippen LogP contribution < -0.4 is 10.6 Å². The van der Waals surface area contributed by atoms with Crippen LogP contribution >= 0.6 is 0 Å². The van der Waals surface area contributed by atoms with Crippen molar-refractivity contribution in [3.63, 3.8) is 0 Å². The Kier molecular flexibility index (Phi) is 3.92. The summed E-state index contributed by atoms with van der Waals surface area (Å²) < 4.78 is 0. The zero-order valence-corrected chi connectivity index (χ0v) is 12.1. The molecule has 0 spiro atoms. The van der Waals surface area contributed by atoms with E-state index in [4.69, 9.17) is 5.73 Å². The average molecular weight is 287 g/mol. The fourth-order valence-corrected chi connectivity index (χ4v) is 3.10. The fourth-order valence-electron chi connectivity index (χ4n) is 3.10. The summed E-state index contributed by atoms with van der Waals surface area (Å²) in [5.74, 6) is 0.653. The van der Waals surface area contributed by atoms with Crippen molar-refractivity contribution in [2.24, 2.45) is 11.7 Å². The van der Waals surface area contributed by atoms with Gasteiger partial charge in [-0.25, -0.2) is 0 Å². The van der Waals surface area contributed by atoms with Crippen molar-refractivity contribution in [1.29, 1.82) is 0 Å². The molecule has 1 aromatic carbocycles. The SMILES string of the molecule is NCC1CCN(C(=O)c2ccc(N3CCCC3=O)cc2)C1. The van der Waals surface area contributed by atoms with Gasteiger partial charge in [0.05, 0.1) is 0 Å². The number of nitrogens with zero attached hydrogens (tertiary/aromatic N) is 2. The number of carbonyl (C=O) groups excluding carboxylic acids is 2. The molecule has 2 heterocycles. The maximum atomic E-state index is 12.4. The normalized spacial score (nSPS) is 22.1. The largest absolute Gasteiger partial charge is 0.338 e. The van der Waals surface area contributed by atoms with Gasteiger partial charge in [-0.2, -0.15) is 0 Å². The molecule has 0 radical (unpaired) electrons. The number of amides is 2. The molecule has 21 heavy (non-hydrogen) atoms. The minimum atomic E-state index is 0.0604. The van der Waals surface area contributed by atoms with E-state index in [1.807, 2.05) is 29.2 Å². The molecule has 0 aliphatic carbocycles. The Morgan fingerprint density at radius 2 is 2.00 bits per heavy atom. The van der Waals surface area contributed by atoms with E-state index in [1.54, 1.807) is 4.90 Å². The minimum absolute atomic E-state index is 0.0604. The van der Waals surface area contributed by atoms with Crippen LogP contribution in [0.5, 0.6) is 0 Å². The first kappa shape index (κ1) is 14.1. The van der Waals surface area contributed by atoms with Gasteiger partial charge in [0.25, 0.3) is 5.91 Å². The molecule has 2 aliphatic rings. The third-order valence-electron chi connectivity index (χ3n) is 4.41. The van der Waals surface area contributed by atoms with Crippen LogP contribution in [0.15, 0.2) is 24.3 Å². The molecule has 2 N–H and O–H groups in total. The van der Waals surface area contributed by atoms with Gasteiger partial charge in [-0.1, -0.05) is 0 Å². The van der Waals surface area contributed by atoms with E-state index >= 15 is 0 Å². The molecule has 5 heteroatoms. The second-order valence-corrected chi connectivity index (χ2v) is 5.84. The number of nitrogens with two attached hydrogens (primary N) is 1. The third kappa shape index (κ3) is 2.78. The van der Waals surface area contributed by atoms with Crippen LogP contribution in [0.25, 0.3) is 0 Å². The van der Waals surface area contributed by atoms with Gasteiger partial charge in [-0.15, -0.1) is 0 Å². The molecule has 1 atom stereocenters. The van der Waals surface area contributed by atoms with Gasteiger partial charge >= 0.3 is 0 Å². The number of benzene rings is 1. The van der Waals surface area contributed by atoms with E-state index in [0.29, 0.717) is 24.4 Å². The maximum Gasteiger partial charge on any atom is 0.253 e. The Labute approximate surface area is 124 Å². The van der Waals surface area contributed by atoms with Gasteiger partial charge in [-0.3, -0.25) is 9.59 Å². The first-order valence-corrected chi connectivity index (χ1v) is 7.59. The summed E-state index contributed by atoms with van der Waals surface area (Å²) in [5, 5.41) is 0. The van der Waals surface area contributed by atoms with Crippen LogP contribution in [0.4, 0.5) is 5.69 Å². The quantitative estimate of drug-likeness (QED) is 0.909. The number of likely N-dealkylation sites (tertiary alicyclic amines) is 1. The lowest BCUT2D eigenvalue weighted by Crippen LogP contribution is -2.30. The zero-order chi connectivity index (χ0) is 14.8. The van der Waals surface area contributed by atoms with Crippen molar-refractivity contribution in [2.45, 2.75) is 19.3 Å². The highest BCUT2D eigenvalue weighted by Gasteiger charge is 2.26. The van der Waals surface area contributed by atoms with Gasteiger partial charge in [0.1, 0.15) is 0 Å². The van der Waals surface area contributed by atoms with Crippen molar-refractivity contribution >= 4 is 17.5 Å². The summed E-state index contributed by atoms with van der Waals surface area (Å²) >= 11 is 0. The molecule has 2 amide bonds. The molecule has 0 bridgehead atoms. The third-order valence-corrected chi connectivity index (χ3v) is 4.41. The lowest BCUT2D eigenvalue weighted by molar-refractivity contribution is -0.117. The minimum Gasteiger partial charge on any atom is -0.338 e. The molecule has 2 aliphatic heterocycles. The Bertz CT molecular complexity index is 541. The topological polar surface area (TPSA) is 66.6 Å². The maximum absolute atomic E-state index is 12.4. The van der Waals surface area contributed by atoms with E-state index in [9.17, 15) is 9.59 Å². The van der Waals surface area contributed by atoms with Gasteiger partial charge in [-0.05, 0) is 49.6 Å². The molecule has 3 rings (SSSR count). The van der Waals surface area contributed by atoms with Crippen LogP contribution in [0, 0.1) is 5.92 Å². The van der Waals surface area contributed by atoms with Crippen LogP contribution in [0.3, 0.4) is 0 Å². The smallest absolute Gasteiger partial charge is 0.253 e. The molecule has 2 fully saturated rings. The van der Waals surface area contributed by atoms with Crippen LogP contribution in [0.1, 0.15) is 29.6 Å². The number of hydrogen-bond acceptors (Lipinski definition) is 3. The summed E-state index contributed by atoms with van der Waals surface area (Å²) in [6.45, 7) is 2.95. The first-order valence-electron chi connectivity index (χ1n) is 7.59. The van der Waals surface area contributed by atoms with Crippen LogP contribution in [0.2, 0.25) is 0 Å². The van der Waals surface area contributed by atoms with Gasteiger partial charge < -0.3 is 15.5 Å². The molecule has 1 unspecified atom stereocenters. The number of hydrogen-bond donors (Lipinski definition) is 1. The monoisotopic (exact) mass is 287 g/mol. The van der Waals surface area contributed by atoms with Crippen molar-refractivity contribution in [2.75, 3.05) is 31.1 Å². The first-order chi connectivity index (χ1) is 10.2. The summed E-state index contributed by atoms with van der Waals surface area (Å²) in [7, 11) is 0. The lowest BCUT2D eigenvalue weighted by atomic mass is 10.1. The highest BCUT2D eigenvalue weighted by atomic mass is 16.2. The number of anilines is 1. The van der Waals surface area contributed by atoms with Crippen LogP contribution in [-0.4, -0.2) is 42.9 Å². The second-order valence-electron chi connectivity index (χ2n) is 5.84. The number of rotatable bonds is 3. The highest BCUT2D eigenvalue weighted by Crippen LogP contribution is 2.23. The molecule has 0 aromatic heterocycles. The van der Waals surface area contributed by atoms with Crippen molar-refractivity contribution < 1.29 is 9.59 Å². The molecule has 1 aromatic rings. The van der Waals surface area contributed by atoms with Crippen LogP contribution in [-0.2, 0) is 4.79 Å². The molecule has 0 saturated carbocycles. The molecular weight excluding hydrogens is 266 g/mol. The van der Waals surface area contributed by atoms with Gasteiger partial charge in [0, 0.05) is 37.3 Å². The summed E-state index contributed by atoms with van der Waals surface area (Å²) in [6.07, 6.45) is 2.52. The van der Waals surface area contributed by atoms with Gasteiger partial charge in [0.15, 0.2) is 0 Å².